The second kappa shape index (κ2) is 7.47. The van der Waals surface area contributed by atoms with E-state index in [0.717, 1.165) is 5.56 Å². The number of rotatable bonds is 5. The molecular weight excluding hydrogens is 310 g/mol. The van der Waals surface area contributed by atoms with Gasteiger partial charge < -0.3 is 9.47 Å². The van der Waals surface area contributed by atoms with E-state index in [2.05, 4.69) is 5.32 Å². The van der Waals surface area contributed by atoms with Crippen molar-refractivity contribution < 1.29 is 23.9 Å². The predicted octanol–water partition coefficient (Wildman–Crippen LogP) is 2.32. The molecule has 0 spiro atoms. The maximum absolute atomic E-state index is 11.9. The minimum Gasteiger partial charge on any atom is -0.493 e. The highest BCUT2D eigenvalue weighted by molar-refractivity contribution is 6.00. The van der Waals surface area contributed by atoms with Crippen LogP contribution >= 0.6 is 0 Å². The van der Waals surface area contributed by atoms with Gasteiger partial charge in [-0.3, -0.25) is 19.7 Å². The van der Waals surface area contributed by atoms with Gasteiger partial charge in [0.15, 0.2) is 0 Å². The molecule has 24 heavy (non-hydrogen) atoms. The molecule has 2 amide bonds. The molecule has 1 fully saturated rings. The second-order valence-electron chi connectivity index (χ2n) is 6.76. The van der Waals surface area contributed by atoms with E-state index in [1.165, 1.54) is 0 Å². The lowest BCUT2D eigenvalue weighted by atomic mass is 9.90. The summed E-state index contributed by atoms with van der Waals surface area (Å²) >= 11 is 0. The number of benzene rings is 1. The third-order valence-electron chi connectivity index (χ3n) is 3.49. The van der Waals surface area contributed by atoms with E-state index in [1.54, 1.807) is 18.2 Å². The first kappa shape index (κ1) is 18.0. The van der Waals surface area contributed by atoms with Gasteiger partial charge in [0.05, 0.1) is 18.9 Å². The quantitative estimate of drug-likeness (QED) is 0.660. The third kappa shape index (κ3) is 5.37. The summed E-state index contributed by atoms with van der Waals surface area (Å²) in [5.41, 5.74) is 0.290. The molecular formula is C18H23NO5. The van der Waals surface area contributed by atoms with Crippen LogP contribution in [0.25, 0.3) is 0 Å². The van der Waals surface area contributed by atoms with Crippen LogP contribution in [0.4, 0.5) is 0 Å². The average Bonchev–Trinajstić information content (AvgIpc) is 2.45. The minimum absolute atomic E-state index is 0.153. The summed E-state index contributed by atoms with van der Waals surface area (Å²) in [7, 11) is 0. The van der Waals surface area contributed by atoms with E-state index in [1.807, 2.05) is 26.8 Å². The van der Waals surface area contributed by atoms with Crippen LogP contribution in [0.5, 0.6) is 5.75 Å². The number of piperidine rings is 1. The Morgan fingerprint density at radius 3 is 2.71 bits per heavy atom. The maximum atomic E-state index is 11.9. The number of carbonyl (C=O) groups excluding carboxylic acids is 3. The van der Waals surface area contributed by atoms with Crippen LogP contribution in [0.2, 0.25) is 0 Å². The summed E-state index contributed by atoms with van der Waals surface area (Å²) in [6.45, 7) is 5.65. The molecule has 1 saturated heterocycles. The SMILES string of the molecule is CC(C)(C)OC(=O)CCOc1cccc(C2CCC(=O)NC2=O)c1. The Kier molecular flexibility index (Phi) is 5.59. The van der Waals surface area contributed by atoms with Crippen molar-refractivity contribution in [2.75, 3.05) is 6.61 Å². The van der Waals surface area contributed by atoms with Crippen LogP contribution in [0.1, 0.15) is 51.5 Å². The van der Waals surface area contributed by atoms with Gasteiger partial charge in [0, 0.05) is 6.42 Å². The van der Waals surface area contributed by atoms with Crippen molar-refractivity contribution in [2.24, 2.45) is 0 Å². The largest absolute Gasteiger partial charge is 0.493 e. The monoisotopic (exact) mass is 333 g/mol. The maximum Gasteiger partial charge on any atom is 0.309 e. The number of nitrogens with one attached hydrogen (secondary N) is 1. The lowest BCUT2D eigenvalue weighted by molar-refractivity contribution is -0.155. The molecule has 2 rings (SSSR count). The minimum atomic E-state index is -0.511. The van der Waals surface area contributed by atoms with Gasteiger partial charge in [0.1, 0.15) is 11.4 Å². The number of imide groups is 1. The van der Waals surface area contributed by atoms with Crippen LogP contribution in [0.3, 0.4) is 0 Å². The number of hydrogen-bond acceptors (Lipinski definition) is 5. The fourth-order valence-corrected chi connectivity index (χ4v) is 2.48. The summed E-state index contributed by atoms with van der Waals surface area (Å²) in [6, 6.07) is 7.17. The third-order valence-corrected chi connectivity index (χ3v) is 3.49. The van der Waals surface area contributed by atoms with Gasteiger partial charge in [-0.25, -0.2) is 0 Å². The number of ether oxygens (including phenoxy) is 2. The van der Waals surface area contributed by atoms with Gasteiger partial charge in [-0.1, -0.05) is 12.1 Å². The predicted molar refractivity (Wildman–Crippen MR) is 87.5 cm³/mol. The standard InChI is InChI=1S/C18H23NO5/c1-18(2,3)24-16(21)9-10-23-13-6-4-5-12(11-13)14-7-8-15(20)19-17(14)22/h4-6,11,14H,7-10H2,1-3H3,(H,19,20,22). The van der Waals surface area contributed by atoms with Crippen molar-refractivity contribution in [1.29, 1.82) is 0 Å². The summed E-state index contributed by atoms with van der Waals surface area (Å²) < 4.78 is 10.8. The molecule has 0 aromatic heterocycles. The highest BCUT2D eigenvalue weighted by Gasteiger charge is 2.28. The first-order valence-corrected chi connectivity index (χ1v) is 8.03. The van der Waals surface area contributed by atoms with E-state index in [4.69, 9.17) is 9.47 Å². The molecule has 0 radical (unpaired) electrons. The Morgan fingerprint density at radius 2 is 2.04 bits per heavy atom. The fourth-order valence-electron chi connectivity index (χ4n) is 2.48. The molecule has 1 unspecified atom stereocenters. The molecule has 0 saturated carbocycles. The second-order valence-corrected chi connectivity index (χ2v) is 6.76. The van der Waals surface area contributed by atoms with Gasteiger partial charge in [-0.2, -0.15) is 0 Å². The molecule has 6 nitrogen and oxygen atoms in total. The van der Waals surface area contributed by atoms with Crippen LogP contribution in [-0.2, 0) is 19.1 Å². The summed E-state index contributed by atoms with van der Waals surface area (Å²) in [4.78, 5) is 34.8. The lowest BCUT2D eigenvalue weighted by Crippen LogP contribution is -2.39. The van der Waals surface area contributed by atoms with E-state index < -0.39 is 5.60 Å². The number of hydrogen-bond donors (Lipinski definition) is 1. The Morgan fingerprint density at radius 1 is 1.29 bits per heavy atom. The molecule has 1 aromatic rings. The first-order valence-electron chi connectivity index (χ1n) is 8.03. The molecule has 1 aromatic carbocycles. The Hall–Kier alpha value is -2.37. The molecule has 130 valence electrons. The van der Waals surface area contributed by atoms with Gasteiger partial charge in [-0.15, -0.1) is 0 Å². The van der Waals surface area contributed by atoms with Crippen molar-refractivity contribution >= 4 is 17.8 Å². The first-order chi connectivity index (χ1) is 11.2. The molecule has 0 bridgehead atoms. The van der Waals surface area contributed by atoms with Crippen LogP contribution < -0.4 is 10.1 Å². The van der Waals surface area contributed by atoms with E-state index >= 15 is 0 Å². The molecule has 1 atom stereocenters. The highest BCUT2D eigenvalue weighted by atomic mass is 16.6. The van der Waals surface area contributed by atoms with Gasteiger partial charge in [-0.05, 0) is 44.9 Å². The zero-order chi connectivity index (χ0) is 17.7. The van der Waals surface area contributed by atoms with Gasteiger partial charge in [0.25, 0.3) is 0 Å². The Bertz CT molecular complexity index is 633. The van der Waals surface area contributed by atoms with Gasteiger partial charge in [0.2, 0.25) is 11.8 Å². The van der Waals surface area contributed by atoms with E-state index in [9.17, 15) is 14.4 Å². The van der Waals surface area contributed by atoms with Crippen LogP contribution in [0, 0.1) is 0 Å². The Balaban J connectivity index is 1.90. The number of amides is 2. The molecule has 1 aliphatic rings. The zero-order valence-electron chi connectivity index (χ0n) is 14.3. The Labute approximate surface area is 141 Å². The number of esters is 1. The topological polar surface area (TPSA) is 81.7 Å². The van der Waals surface area contributed by atoms with Crippen molar-refractivity contribution in [1.82, 2.24) is 5.32 Å². The summed E-state index contributed by atoms with van der Waals surface area (Å²) in [5, 5.41) is 2.35. The van der Waals surface area contributed by atoms with Crippen LogP contribution in [-0.4, -0.2) is 30.0 Å². The van der Waals surface area contributed by atoms with Crippen molar-refractivity contribution in [3.05, 3.63) is 29.8 Å². The lowest BCUT2D eigenvalue weighted by Gasteiger charge is -2.21. The molecule has 1 N–H and O–H groups in total. The molecule has 1 heterocycles. The van der Waals surface area contributed by atoms with E-state index in [0.29, 0.717) is 18.6 Å². The fraction of sp³-hybridized carbons (Fsp3) is 0.500. The van der Waals surface area contributed by atoms with E-state index in [-0.39, 0.29) is 36.7 Å². The van der Waals surface area contributed by atoms with Crippen molar-refractivity contribution in [3.8, 4) is 5.75 Å². The zero-order valence-corrected chi connectivity index (χ0v) is 14.3. The summed E-state index contributed by atoms with van der Waals surface area (Å²) in [5.74, 6) is -0.597. The number of carbonyl (C=O) groups is 3. The average molecular weight is 333 g/mol. The van der Waals surface area contributed by atoms with Gasteiger partial charge >= 0.3 is 5.97 Å². The molecule has 6 heteroatoms. The normalized spacial score (nSPS) is 18.0. The van der Waals surface area contributed by atoms with Crippen molar-refractivity contribution in [3.63, 3.8) is 0 Å². The molecule has 1 aliphatic heterocycles. The van der Waals surface area contributed by atoms with Crippen molar-refractivity contribution in [2.45, 2.75) is 51.6 Å². The summed E-state index contributed by atoms with van der Waals surface area (Å²) in [6.07, 6.45) is 0.978. The molecule has 0 aliphatic carbocycles. The smallest absolute Gasteiger partial charge is 0.309 e. The van der Waals surface area contributed by atoms with Crippen LogP contribution in [0.15, 0.2) is 24.3 Å². The highest BCUT2D eigenvalue weighted by Crippen LogP contribution is 2.27.